The predicted octanol–water partition coefficient (Wildman–Crippen LogP) is 2.44. The van der Waals surface area contributed by atoms with Crippen molar-refractivity contribution in [2.45, 2.75) is 32.2 Å². The molecule has 2 nitrogen and oxygen atoms in total. The normalized spacial score (nSPS) is 20.4. The van der Waals surface area contributed by atoms with Crippen LogP contribution < -0.4 is 10.2 Å². The Balaban J connectivity index is 2.09. The Bertz CT molecular complexity index is 318. The van der Waals surface area contributed by atoms with E-state index in [4.69, 9.17) is 0 Å². The first-order valence-electron chi connectivity index (χ1n) is 6.35. The highest BCUT2D eigenvalue weighted by Gasteiger charge is 2.23. The minimum atomic E-state index is 0.678. The van der Waals surface area contributed by atoms with Crippen molar-refractivity contribution >= 4 is 5.69 Å². The van der Waals surface area contributed by atoms with Crippen LogP contribution in [0.3, 0.4) is 0 Å². The van der Waals surface area contributed by atoms with E-state index in [2.05, 4.69) is 41.4 Å². The molecule has 1 heterocycles. The molecule has 1 aromatic rings. The largest absolute Gasteiger partial charge is 0.367 e. The second kappa shape index (κ2) is 5.35. The lowest BCUT2D eigenvalue weighted by Crippen LogP contribution is -2.36. The minimum Gasteiger partial charge on any atom is -0.367 e. The van der Waals surface area contributed by atoms with Crippen LogP contribution in [0.2, 0.25) is 0 Å². The van der Waals surface area contributed by atoms with Gasteiger partial charge in [0.15, 0.2) is 0 Å². The van der Waals surface area contributed by atoms with Gasteiger partial charge in [-0.1, -0.05) is 19.1 Å². The van der Waals surface area contributed by atoms with Crippen LogP contribution in [0.1, 0.15) is 25.3 Å². The van der Waals surface area contributed by atoms with Crippen molar-refractivity contribution in [3.8, 4) is 0 Å². The van der Waals surface area contributed by atoms with Crippen LogP contribution in [0.5, 0.6) is 0 Å². The molecule has 0 spiro atoms. The summed E-state index contributed by atoms with van der Waals surface area (Å²) < 4.78 is 0. The number of hydrogen-bond donors (Lipinski definition) is 1. The Morgan fingerprint density at radius 1 is 1.31 bits per heavy atom. The number of nitrogens with zero attached hydrogens (tertiary/aromatic N) is 1. The zero-order valence-electron chi connectivity index (χ0n) is 10.4. The lowest BCUT2D eigenvalue weighted by atomic mass is 10.1. The third-order valence-corrected chi connectivity index (χ3v) is 3.49. The maximum Gasteiger partial charge on any atom is 0.0415 e. The number of aryl methyl sites for hydroxylation is 1. The van der Waals surface area contributed by atoms with Gasteiger partial charge in [0.05, 0.1) is 0 Å². The van der Waals surface area contributed by atoms with E-state index in [0.717, 1.165) is 13.0 Å². The monoisotopic (exact) mass is 218 g/mol. The van der Waals surface area contributed by atoms with Crippen LogP contribution in [-0.2, 0) is 6.42 Å². The molecule has 1 aliphatic heterocycles. The van der Waals surface area contributed by atoms with Crippen LogP contribution in [0.4, 0.5) is 5.69 Å². The highest BCUT2D eigenvalue weighted by Crippen LogP contribution is 2.25. The van der Waals surface area contributed by atoms with Crippen molar-refractivity contribution in [2.24, 2.45) is 0 Å². The summed E-state index contributed by atoms with van der Waals surface area (Å²) in [6.07, 6.45) is 3.76. The average molecular weight is 218 g/mol. The topological polar surface area (TPSA) is 15.3 Å². The van der Waals surface area contributed by atoms with E-state index >= 15 is 0 Å². The fraction of sp³-hybridized carbons (Fsp3) is 0.571. The van der Waals surface area contributed by atoms with Crippen molar-refractivity contribution in [1.82, 2.24) is 5.32 Å². The minimum absolute atomic E-state index is 0.678. The lowest BCUT2D eigenvalue weighted by Gasteiger charge is -2.26. The fourth-order valence-corrected chi connectivity index (χ4v) is 2.55. The van der Waals surface area contributed by atoms with E-state index in [-0.39, 0.29) is 0 Å². The Kier molecular flexibility index (Phi) is 3.83. The van der Waals surface area contributed by atoms with Crippen LogP contribution in [0, 0.1) is 0 Å². The third-order valence-electron chi connectivity index (χ3n) is 3.49. The molecule has 1 atom stereocenters. The third kappa shape index (κ3) is 2.38. The number of nitrogens with one attached hydrogen (secondary N) is 1. The van der Waals surface area contributed by atoms with Gasteiger partial charge < -0.3 is 10.2 Å². The molecule has 88 valence electrons. The quantitative estimate of drug-likeness (QED) is 0.835. The van der Waals surface area contributed by atoms with Gasteiger partial charge in [-0.25, -0.2) is 0 Å². The molecule has 0 bridgehead atoms. The second-order valence-corrected chi connectivity index (χ2v) is 4.57. The van der Waals surface area contributed by atoms with Gasteiger partial charge >= 0.3 is 0 Å². The SMILES string of the molecule is CCc1ccc(N2CCCC2CNC)cc1. The van der Waals surface area contributed by atoms with E-state index in [1.165, 1.54) is 30.6 Å². The first-order valence-corrected chi connectivity index (χ1v) is 6.35. The van der Waals surface area contributed by atoms with Crippen LogP contribution in [-0.4, -0.2) is 26.2 Å². The molecule has 2 heteroatoms. The van der Waals surface area contributed by atoms with Gasteiger partial charge in [0.1, 0.15) is 0 Å². The molecule has 0 saturated carbocycles. The van der Waals surface area contributed by atoms with Crippen molar-refractivity contribution in [1.29, 1.82) is 0 Å². The fourth-order valence-electron chi connectivity index (χ4n) is 2.55. The van der Waals surface area contributed by atoms with E-state index < -0.39 is 0 Å². The molecule has 1 saturated heterocycles. The predicted molar refractivity (Wildman–Crippen MR) is 70.1 cm³/mol. The molecule has 0 radical (unpaired) electrons. The van der Waals surface area contributed by atoms with Gasteiger partial charge in [-0.05, 0) is 44.0 Å². The molecule has 1 unspecified atom stereocenters. The molecule has 0 aliphatic carbocycles. The van der Waals surface area contributed by atoms with Crippen molar-refractivity contribution in [2.75, 3.05) is 25.0 Å². The molecular weight excluding hydrogens is 196 g/mol. The molecular formula is C14H22N2. The van der Waals surface area contributed by atoms with E-state index in [1.54, 1.807) is 0 Å². The Hall–Kier alpha value is -1.02. The van der Waals surface area contributed by atoms with Gasteiger partial charge in [0.25, 0.3) is 0 Å². The average Bonchev–Trinajstić information content (AvgIpc) is 2.78. The van der Waals surface area contributed by atoms with Crippen LogP contribution >= 0.6 is 0 Å². The summed E-state index contributed by atoms with van der Waals surface area (Å²) in [4.78, 5) is 2.54. The first kappa shape index (κ1) is 11.5. The summed E-state index contributed by atoms with van der Waals surface area (Å²) in [6.45, 7) is 4.50. The summed E-state index contributed by atoms with van der Waals surface area (Å²) in [6, 6.07) is 9.73. The van der Waals surface area contributed by atoms with E-state index in [1.807, 2.05) is 7.05 Å². The molecule has 2 rings (SSSR count). The molecule has 1 fully saturated rings. The van der Waals surface area contributed by atoms with Crippen LogP contribution in [0.15, 0.2) is 24.3 Å². The Labute approximate surface area is 98.7 Å². The Morgan fingerprint density at radius 3 is 2.69 bits per heavy atom. The van der Waals surface area contributed by atoms with Gasteiger partial charge in [0.2, 0.25) is 0 Å². The zero-order chi connectivity index (χ0) is 11.4. The smallest absolute Gasteiger partial charge is 0.0415 e. The zero-order valence-corrected chi connectivity index (χ0v) is 10.4. The van der Waals surface area contributed by atoms with Gasteiger partial charge in [-0.15, -0.1) is 0 Å². The lowest BCUT2D eigenvalue weighted by molar-refractivity contribution is 0.615. The maximum absolute atomic E-state index is 3.29. The molecule has 0 aromatic heterocycles. The number of benzene rings is 1. The highest BCUT2D eigenvalue weighted by molar-refractivity contribution is 5.49. The standard InChI is InChI=1S/C14H22N2/c1-3-12-6-8-13(9-7-12)16-10-4-5-14(16)11-15-2/h6-9,14-15H,3-5,10-11H2,1-2H3. The first-order chi connectivity index (χ1) is 7.85. The van der Waals surface area contributed by atoms with Gasteiger partial charge in [-0.2, -0.15) is 0 Å². The number of anilines is 1. The maximum atomic E-state index is 3.29. The summed E-state index contributed by atoms with van der Waals surface area (Å²) >= 11 is 0. The number of rotatable bonds is 4. The number of hydrogen-bond acceptors (Lipinski definition) is 2. The molecule has 0 amide bonds. The summed E-state index contributed by atoms with van der Waals surface area (Å²) in [5, 5.41) is 3.29. The summed E-state index contributed by atoms with van der Waals surface area (Å²) in [5.41, 5.74) is 2.81. The van der Waals surface area contributed by atoms with E-state index in [0.29, 0.717) is 6.04 Å². The highest BCUT2D eigenvalue weighted by atomic mass is 15.2. The second-order valence-electron chi connectivity index (χ2n) is 4.57. The van der Waals surface area contributed by atoms with Gasteiger partial charge in [0, 0.05) is 24.8 Å². The molecule has 1 N–H and O–H groups in total. The van der Waals surface area contributed by atoms with E-state index in [9.17, 15) is 0 Å². The number of likely N-dealkylation sites (N-methyl/N-ethyl adjacent to an activating group) is 1. The summed E-state index contributed by atoms with van der Waals surface area (Å²) in [5.74, 6) is 0. The Morgan fingerprint density at radius 2 is 2.06 bits per heavy atom. The van der Waals surface area contributed by atoms with Crippen molar-refractivity contribution in [3.63, 3.8) is 0 Å². The summed E-state index contributed by atoms with van der Waals surface area (Å²) in [7, 11) is 2.04. The molecule has 16 heavy (non-hydrogen) atoms. The van der Waals surface area contributed by atoms with Crippen molar-refractivity contribution in [3.05, 3.63) is 29.8 Å². The van der Waals surface area contributed by atoms with Gasteiger partial charge in [-0.3, -0.25) is 0 Å². The molecule has 1 aliphatic rings. The van der Waals surface area contributed by atoms with Crippen LogP contribution in [0.25, 0.3) is 0 Å². The van der Waals surface area contributed by atoms with Crippen molar-refractivity contribution < 1.29 is 0 Å². The molecule has 1 aromatic carbocycles.